The fourth-order valence-electron chi connectivity index (χ4n) is 2.61. The number of amides is 2. The van der Waals surface area contributed by atoms with E-state index in [1.165, 1.54) is 30.6 Å². The van der Waals surface area contributed by atoms with Crippen LogP contribution >= 0.6 is 11.8 Å². The van der Waals surface area contributed by atoms with Gasteiger partial charge < -0.3 is 4.42 Å². The number of rotatable bonds is 1. The number of nitrogens with zero attached hydrogens (tertiary/aromatic N) is 1. The highest BCUT2D eigenvalue weighted by atomic mass is 32.2. The topological polar surface area (TPSA) is 72.2 Å². The second kappa shape index (κ2) is 7.14. The number of hydrogen-bond donors (Lipinski definition) is 1. The molecule has 3 aromatic rings. The molecular formula is C20H9F3N2O3S. The quantitative estimate of drug-likeness (QED) is 0.467. The Bertz CT molecular complexity index is 1250. The summed E-state index contributed by atoms with van der Waals surface area (Å²) in [5.41, 5.74) is 0.169. The van der Waals surface area contributed by atoms with Gasteiger partial charge in [0, 0.05) is 29.4 Å². The van der Waals surface area contributed by atoms with Crippen LogP contribution in [0.1, 0.15) is 22.5 Å². The van der Waals surface area contributed by atoms with Gasteiger partial charge in [0.1, 0.15) is 5.76 Å². The maximum Gasteiger partial charge on any atom is 0.416 e. The monoisotopic (exact) mass is 414 g/mol. The molecule has 4 rings (SSSR count). The average molecular weight is 414 g/mol. The van der Waals surface area contributed by atoms with E-state index in [1.807, 2.05) is 0 Å². The van der Waals surface area contributed by atoms with Crippen molar-refractivity contribution in [3.63, 3.8) is 0 Å². The molecule has 0 radical (unpaired) electrons. The van der Waals surface area contributed by atoms with Gasteiger partial charge in [-0.2, -0.15) is 13.2 Å². The minimum Gasteiger partial charge on any atom is -0.455 e. The minimum absolute atomic E-state index is 0.193. The molecule has 5 nitrogen and oxygen atoms in total. The van der Waals surface area contributed by atoms with Crippen molar-refractivity contribution in [2.24, 2.45) is 0 Å². The standard InChI is InChI=1S/C20H9F3N2O3S/c21-20(22,23)14-3-1-2-11(6-14)4-5-12-9-24-10-13-7-15(28-17(12)13)8-16-18(26)25-19(27)29-16/h1-3,6-10H,(H,25,26,27). The smallest absolute Gasteiger partial charge is 0.416 e. The van der Waals surface area contributed by atoms with E-state index in [0.717, 1.165) is 23.9 Å². The lowest BCUT2D eigenvalue weighted by atomic mass is 10.1. The molecule has 0 spiro atoms. The fraction of sp³-hybridized carbons (Fsp3) is 0.0500. The predicted octanol–water partition coefficient (Wildman–Crippen LogP) is 4.57. The van der Waals surface area contributed by atoms with Crippen molar-refractivity contribution >= 4 is 40.0 Å². The molecule has 1 aromatic carbocycles. The third-order valence-corrected chi connectivity index (χ3v) is 4.70. The van der Waals surface area contributed by atoms with Crippen LogP contribution in [0.15, 0.2) is 52.0 Å². The molecule has 144 valence electrons. The lowest BCUT2D eigenvalue weighted by molar-refractivity contribution is -0.137. The summed E-state index contributed by atoms with van der Waals surface area (Å²) >= 11 is 0.759. The van der Waals surface area contributed by atoms with Gasteiger partial charge in [0.2, 0.25) is 0 Å². The van der Waals surface area contributed by atoms with Crippen LogP contribution in [0, 0.1) is 11.8 Å². The van der Waals surface area contributed by atoms with Crippen molar-refractivity contribution in [1.82, 2.24) is 10.3 Å². The Morgan fingerprint density at radius 3 is 2.69 bits per heavy atom. The number of alkyl halides is 3. The number of aromatic nitrogens is 1. The van der Waals surface area contributed by atoms with Gasteiger partial charge in [0.25, 0.3) is 11.1 Å². The molecule has 1 aliphatic heterocycles. The van der Waals surface area contributed by atoms with Crippen molar-refractivity contribution in [3.8, 4) is 11.8 Å². The molecule has 1 fully saturated rings. The minimum atomic E-state index is -4.45. The molecule has 0 atom stereocenters. The number of hydrogen-bond acceptors (Lipinski definition) is 5. The number of imide groups is 1. The van der Waals surface area contributed by atoms with E-state index in [-0.39, 0.29) is 10.5 Å². The molecule has 1 saturated heterocycles. The van der Waals surface area contributed by atoms with E-state index in [2.05, 4.69) is 22.1 Å². The van der Waals surface area contributed by atoms with Gasteiger partial charge in [-0.3, -0.25) is 19.9 Å². The summed E-state index contributed by atoms with van der Waals surface area (Å²) in [5, 5.41) is 2.28. The second-order valence-corrected chi connectivity index (χ2v) is 6.95. The number of furan rings is 1. The number of carbonyl (C=O) groups excluding carboxylic acids is 2. The van der Waals surface area contributed by atoms with Crippen molar-refractivity contribution < 1.29 is 27.2 Å². The molecule has 2 amide bonds. The first kappa shape index (κ1) is 18.8. The summed E-state index contributed by atoms with van der Waals surface area (Å²) in [6, 6.07) is 6.32. The maximum absolute atomic E-state index is 12.8. The molecule has 3 heterocycles. The predicted molar refractivity (Wildman–Crippen MR) is 101 cm³/mol. The Labute approximate surface area is 166 Å². The largest absolute Gasteiger partial charge is 0.455 e. The van der Waals surface area contributed by atoms with Crippen molar-refractivity contribution in [1.29, 1.82) is 0 Å². The van der Waals surface area contributed by atoms with Gasteiger partial charge in [-0.15, -0.1) is 0 Å². The van der Waals surface area contributed by atoms with Crippen molar-refractivity contribution in [2.75, 3.05) is 0 Å². The van der Waals surface area contributed by atoms with Crippen molar-refractivity contribution in [2.45, 2.75) is 6.18 Å². The number of pyridine rings is 1. The average Bonchev–Trinajstić information content (AvgIpc) is 3.22. The Hall–Kier alpha value is -3.51. The second-order valence-electron chi connectivity index (χ2n) is 5.93. The lowest BCUT2D eigenvalue weighted by Gasteiger charge is -2.05. The molecule has 1 N–H and O–H groups in total. The SMILES string of the molecule is O=C1NC(=O)C(=Cc2cc3cncc(C#Cc4cccc(C(F)(F)F)c4)c3o2)S1. The van der Waals surface area contributed by atoms with Crippen LogP contribution in [0.25, 0.3) is 17.0 Å². The fourth-order valence-corrected chi connectivity index (χ4v) is 3.27. The highest BCUT2D eigenvalue weighted by molar-refractivity contribution is 8.18. The summed E-state index contributed by atoms with van der Waals surface area (Å²) < 4.78 is 44.2. The first-order chi connectivity index (χ1) is 13.8. The third kappa shape index (κ3) is 4.02. The highest BCUT2D eigenvalue weighted by Crippen LogP contribution is 2.30. The summed E-state index contributed by atoms with van der Waals surface area (Å²) in [6.07, 6.45) is -0.0588. The van der Waals surface area contributed by atoms with Crippen LogP contribution in [0.4, 0.5) is 18.0 Å². The van der Waals surface area contributed by atoms with E-state index < -0.39 is 22.9 Å². The van der Waals surface area contributed by atoms with E-state index in [0.29, 0.717) is 22.3 Å². The van der Waals surface area contributed by atoms with Crippen molar-refractivity contribution in [3.05, 3.63) is 70.1 Å². The first-order valence-corrected chi connectivity index (χ1v) is 8.93. The summed E-state index contributed by atoms with van der Waals surface area (Å²) in [6.45, 7) is 0. The molecule has 9 heteroatoms. The summed E-state index contributed by atoms with van der Waals surface area (Å²) in [7, 11) is 0. The molecule has 0 aliphatic carbocycles. The number of halogens is 3. The van der Waals surface area contributed by atoms with Gasteiger partial charge in [0.15, 0.2) is 5.58 Å². The van der Waals surface area contributed by atoms with Crippen LogP contribution in [-0.4, -0.2) is 16.1 Å². The molecule has 29 heavy (non-hydrogen) atoms. The highest BCUT2D eigenvalue weighted by Gasteiger charge is 2.30. The third-order valence-electron chi connectivity index (χ3n) is 3.89. The van der Waals surface area contributed by atoms with Gasteiger partial charge >= 0.3 is 6.18 Å². The molecule has 0 unspecified atom stereocenters. The zero-order valence-corrected chi connectivity index (χ0v) is 15.1. The zero-order valence-electron chi connectivity index (χ0n) is 14.3. The summed E-state index contributed by atoms with van der Waals surface area (Å²) in [5.74, 6) is 5.27. The van der Waals surface area contributed by atoms with Crippen LogP contribution in [0.3, 0.4) is 0 Å². The van der Waals surface area contributed by atoms with Gasteiger partial charge in [-0.1, -0.05) is 17.9 Å². The lowest BCUT2D eigenvalue weighted by Crippen LogP contribution is -2.17. The molecule has 2 aromatic heterocycles. The normalized spacial score (nSPS) is 15.5. The van der Waals surface area contributed by atoms with Crippen LogP contribution in [-0.2, 0) is 11.0 Å². The molecular weight excluding hydrogens is 405 g/mol. The van der Waals surface area contributed by atoms with Gasteiger partial charge in [-0.05, 0) is 36.0 Å². The van der Waals surface area contributed by atoms with Gasteiger partial charge in [0.05, 0.1) is 16.0 Å². The number of fused-ring (bicyclic) bond motifs is 1. The number of nitrogens with one attached hydrogen (secondary N) is 1. The van der Waals surface area contributed by atoms with Gasteiger partial charge in [-0.25, -0.2) is 0 Å². The van der Waals surface area contributed by atoms with Crippen LogP contribution in [0.2, 0.25) is 0 Å². The Balaban J connectivity index is 1.69. The Kier molecular flexibility index (Phi) is 4.64. The Morgan fingerprint density at radius 1 is 1.14 bits per heavy atom. The Morgan fingerprint density at radius 2 is 1.97 bits per heavy atom. The van der Waals surface area contributed by atoms with Crippen LogP contribution < -0.4 is 5.32 Å². The molecule has 0 saturated carbocycles. The summed E-state index contributed by atoms with van der Waals surface area (Å²) in [4.78, 5) is 27.1. The van der Waals surface area contributed by atoms with E-state index in [1.54, 1.807) is 6.07 Å². The van der Waals surface area contributed by atoms with Crippen LogP contribution in [0.5, 0.6) is 0 Å². The van der Waals surface area contributed by atoms with E-state index >= 15 is 0 Å². The zero-order chi connectivity index (χ0) is 20.6. The number of benzene rings is 1. The molecule has 0 bridgehead atoms. The first-order valence-electron chi connectivity index (χ1n) is 8.11. The number of thioether (sulfide) groups is 1. The maximum atomic E-state index is 12.8. The number of carbonyl (C=O) groups is 2. The molecule has 1 aliphatic rings. The van der Waals surface area contributed by atoms with E-state index in [9.17, 15) is 22.8 Å². The van der Waals surface area contributed by atoms with E-state index in [4.69, 9.17) is 4.42 Å².